The van der Waals surface area contributed by atoms with Crippen molar-refractivity contribution < 1.29 is 22.7 Å². The fraction of sp³-hybridized carbons (Fsp3) is 0.394. The van der Waals surface area contributed by atoms with Crippen molar-refractivity contribution in [2.24, 2.45) is 0 Å². The molecule has 0 heterocycles. The zero-order chi connectivity index (χ0) is 31.7. The monoisotopic (exact) mass is 657 g/mol. The minimum atomic E-state index is -4.23. The molecule has 8 nitrogen and oxygen atoms in total. The van der Waals surface area contributed by atoms with Crippen LogP contribution in [-0.2, 0) is 26.2 Å². The van der Waals surface area contributed by atoms with Gasteiger partial charge in [-0.1, -0.05) is 61.7 Å². The van der Waals surface area contributed by atoms with Crippen LogP contribution in [0, 0.1) is 0 Å². The van der Waals surface area contributed by atoms with Gasteiger partial charge in [0.25, 0.3) is 10.0 Å². The number of rotatable bonds is 14. The standard InChI is InChI=1S/C33H40ClN3O5S2/c1-4-29(33(39)35-25-13-7-8-14-25)36(22-24-12-6-9-15-28(24)34)32(38)23-37(30-16-10-11-17-31(30)42-5-2)44(40,41)27-20-18-26(43-3)19-21-27/h6,9-12,15-21,25,29H,4-5,7-8,13-14,22-23H2,1-3H3,(H,35,39)/t29-/m0/s1. The van der Waals surface area contributed by atoms with E-state index in [4.69, 9.17) is 16.3 Å². The van der Waals surface area contributed by atoms with E-state index in [0.717, 1.165) is 34.9 Å². The number of benzene rings is 3. The number of para-hydroxylation sites is 2. The van der Waals surface area contributed by atoms with Crippen LogP contribution >= 0.6 is 23.4 Å². The van der Waals surface area contributed by atoms with Gasteiger partial charge in [0.2, 0.25) is 11.8 Å². The van der Waals surface area contributed by atoms with Crippen LogP contribution in [0.2, 0.25) is 5.02 Å². The van der Waals surface area contributed by atoms with Crippen LogP contribution in [0.1, 0.15) is 51.5 Å². The topological polar surface area (TPSA) is 96.0 Å². The molecule has 3 aromatic carbocycles. The zero-order valence-electron chi connectivity index (χ0n) is 25.4. The zero-order valence-corrected chi connectivity index (χ0v) is 27.8. The third-order valence-corrected chi connectivity index (χ3v) is 10.6. The van der Waals surface area contributed by atoms with Gasteiger partial charge in [0, 0.05) is 22.5 Å². The summed E-state index contributed by atoms with van der Waals surface area (Å²) in [7, 11) is -4.23. The average Bonchev–Trinajstić information content (AvgIpc) is 3.54. The predicted octanol–water partition coefficient (Wildman–Crippen LogP) is 6.52. The molecule has 1 fully saturated rings. The van der Waals surface area contributed by atoms with Crippen molar-refractivity contribution in [3.05, 3.63) is 83.4 Å². The van der Waals surface area contributed by atoms with Gasteiger partial charge >= 0.3 is 0 Å². The molecule has 0 saturated heterocycles. The number of nitrogens with one attached hydrogen (secondary N) is 1. The second kappa shape index (κ2) is 15.7. The minimum Gasteiger partial charge on any atom is -0.492 e. The molecule has 0 aromatic heterocycles. The van der Waals surface area contributed by atoms with Gasteiger partial charge in [-0.2, -0.15) is 0 Å². The van der Waals surface area contributed by atoms with Crippen molar-refractivity contribution in [1.29, 1.82) is 0 Å². The number of amides is 2. The van der Waals surface area contributed by atoms with Gasteiger partial charge in [-0.3, -0.25) is 13.9 Å². The first-order valence-electron chi connectivity index (χ1n) is 14.9. The van der Waals surface area contributed by atoms with Gasteiger partial charge < -0.3 is 15.0 Å². The van der Waals surface area contributed by atoms with Crippen molar-refractivity contribution in [3.8, 4) is 5.75 Å². The van der Waals surface area contributed by atoms with Crippen LogP contribution in [0.5, 0.6) is 5.75 Å². The third kappa shape index (κ3) is 8.08. The Bertz CT molecular complexity index is 1530. The molecular formula is C33H40ClN3O5S2. The van der Waals surface area contributed by atoms with E-state index in [1.807, 2.05) is 26.2 Å². The molecular weight excluding hydrogens is 618 g/mol. The molecule has 0 radical (unpaired) electrons. The lowest BCUT2D eigenvalue weighted by Crippen LogP contribution is -2.53. The van der Waals surface area contributed by atoms with Gasteiger partial charge in [0.15, 0.2) is 0 Å². The smallest absolute Gasteiger partial charge is 0.264 e. The van der Waals surface area contributed by atoms with Gasteiger partial charge in [-0.15, -0.1) is 11.8 Å². The summed E-state index contributed by atoms with van der Waals surface area (Å²) in [6.45, 7) is 3.45. The Labute approximate surface area is 270 Å². The molecule has 44 heavy (non-hydrogen) atoms. The lowest BCUT2D eigenvalue weighted by atomic mass is 10.1. The molecule has 236 valence electrons. The highest BCUT2D eigenvalue weighted by Gasteiger charge is 2.35. The summed E-state index contributed by atoms with van der Waals surface area (Å²) >= 11 is 8.01. The van der Waals surface area contributed by atoms with E-state index in [1.165, 1.54) is 28.8 Å². The first-order chi connectivity index (χ1) is 21.2. The van der Waals surface area contributed by atoms with Crippen molar-refractivity contribution in [2.75, 3.05) is 23.7 Å². The number of carbonyl (C=O) groups excluding carboxylic acids is 2. The van der Waals surface area contributed by atoms with Crippen molar-refractivity contribution in [2.45, 2.75) is 74.4 Å². The number of anilines is 1. The molecule has 0 aliphatic heterocycles. The number of halogens is 1. The maximum atomic E-state index is 14.4. The molecule has 11 heteroatoms. The van der Waals surface area contributed by atoms with Crippen LogP contribution < -0.4 is 14.4 Å². The highest BCUT2D eigenvalue weighted by Crippen LogP contribution is 2.33. The Morgan fingerprint density at radius 2 is 1.66 bits per heavy atom. The molecule has 4 rings (SSSR count). The summed E-state index contributed by atoms with van der Waals surface area (Å²) in [5, 5.41) is 3.58. The summed E-state index contributed by atoms with van der Waals surface area (Å²) in [6, 6.07) is 19.7. The van der Waals surface area contributed by atoms with Crippen LogP contribution in [0.4, 0.5) is 5.69 Å². The normalized spacial score (nSPS) is 14.2. The van der Waals surface area contributed by atoms with E-state index in [2.05, 4.69) is 5.32 Å². The number of nitrogens with zero attached hydrogens (tertiary/aromatic N) is 2. The number of thioether (sulfide) groups is 1. The van der Waals surface area contributed by atoms with Crippen molar-refractivity contribution in [1.82, 2.24) is 10.2 Å². The first-order valence-corrected chi connectivity index (χ1v) is 18.0. The summed E-state index contributed by atoms with van der Waals surface area (Å²) in [4.78, 5) is 30.4. The Balaban J connectivity index is 1.76. The summed E-state index contributed by atoms with van der Waals surface area (Å²) in [5.41, 5.74) is 0.893. The Morgan fingerprint density at radius 3 is 2.30 bits per heavy atom. The number of ether oxygens (including phenoxy) is 1. The highest BCUT2D eigenvalue weighted by molar-refractivity contribution is 7.98. The van der Waals surface area contributed by atoms with Crippen LogP contribution in [0.15, 0.2) is 82.6 Å². The lowest BCUT2D eigenvalue weighted by molar-refractivity contribution is -0.140. The molecule has 3 aromatic rings. The van der Waals surface area contributed by atoms with Gasteiger partial charge in [-0.25, -0.2) is 8.42 Å². The Kier molecular flexibility index (Phi) is 12.0. The maximum Gasteiger partial charge on any atom is 0.264 e. The van der Waals surface area contributed by atoms with E-state index in [-0.39, 0.29) is 29.1 Å². The van der Waals surface area contributed by atoms with E-state index in [9.17, 15) is 18.0 Å². The van der Waals surface area contributed by atoms with Crippen molar-refractivity contribution >= 4 is 50.9 Å². The molecule has 0 bridgehead atoms. The Morgan fingerprint density at radius 1 is 1.00 bits per heavy atom. The van der Waals surface area contributed by atoms with Crippen LogP contribution in [-0.4, -0.2) is 56.6 Å². The third-order valence-electron chi connectivity index (χ3n) is 7.75. The summed E-state index contributed by atoms with van der Waals surface area (Å²) in [6.07, 6.45) is 6.15. The first kappa shape index (κ1) is 33.7. The largest absolute Gasteiger partial charge is 0.492 e. The summed E-state index contributed by atoms with van der Waals surface area (Å²) in [5.74, 6) is -0.457. The maximum absolute atomic E-state index is 14.4. The van der Waals surface area contributed by atoms with E-state index in [0.29, 0.717) is 29.4 Å². The molecule has 1 saturated carbocycles. The fourth-order valence-electron chi connectivity index (χ4n) is 5.43. The van der Waals surface area contributed by atoms with Crippen LogP contribution in [0.25, 0.3) is 0 Å². The molecule has 1 aliphatic rings. The number of hydrogen-bond acceptors (Lipinski definition) is 6. The van der Waals surface area contributed by atoms with Gasteiger partial charge in [-0.05, 0) is 80.5 Å². The minimum absolute atomic E-state index is 0.0399. The van der Waals surface area contributed by atoms with E-state index >= 15 is 0 Å². The molecule has 0 spiro atoms. The molecule has 1 aliphatic carbocycles. The Hall–Kier alpha value is -3.21. The number of sulfonamides is 1. The van der Waals surface area contributed by atoms with Gasteiger partial charge in [0.1, 0.15) is 18.3 Å². The van der Waals surface area contributed by atoms with E-state index in [1.54, 1.807) is 54.6 Å². The van der Waals surface area contributed by atoms with Crippen molar-refractivity contribution in [3.63, 3.8) is 0 Å². The number of carbonyl (C=O) groups is 2. The molecule has 0 unspecified atom stereocenters. The highest BCUT2D eigenvalue weighted by atomic mass is 35.5. The second-order valence-corrected chi connectivity index (χ2v) is 13.8. The fourth-order valence-corrected chi connectivity index (χ4v) is 7.45. The SMILES string of the molecule is CCOc1ccccc1N(CC(=O)N(Cc1ccccc1Cl)[C@@H](CC)C(=O)NC1CCCC1)S(=O)(=O)c1ccc(SC)cc1. The quantitative estimate of drug-likeness (QED) is 0.198. The van der Waals surface area contributed by atoms with Gasteiger partial charge in [0.05, 0.1) is 17.2 Å². The lowest BCUT2D eigenvalue weighted by Gasteiger charge is -2.34. The predicted molar refractivity (Wildman–Crippen MR) is 177 cm³/mol. The molecule has 1 N–H and O–H groups in total. The average molecular weight is 658 g/mol. The van der Waals surface area contributed by atoms with Crippen LogP contribution in [0.3, 0.4) is 0 Å². The summed E-state index contributed by atoms with van der Waals surface area (Å²) < 4.78 is 35.4. The second-order valence-electron chi connectivity index (χ2n) is 10.6. The molecule has 2 amide bonds. The molecule has 1 atom stereocenters. The number of hydrogen-bond donors (Lipinski definition) is 1. The van der Waals surface area contributed by atoms with E-state index < -0.39 is 28.5 Å².